The van der Waals surface area contributed by atoms with Crippen molar-refractivity contribution in [2.45, 2.75) is 31.6 Å². The minimum absolute atomic E-state index is 0.118. The average Bonchev–Trinajstić information content (AvgIpc) is 3.35. The van der Waals surface area contributed by atoms with Crippen molar-refractivity contribution >= 4 is 22.6 Å². The Morgan fingerprint density at radius 1 is 0.522 bits per heavy atom. The third-order valence-corrected chi connectivity index (χ3v) is 9.79. The fourth-order valence-corrected chi connectivity index (χ4v) is 7.31. The second kappa shape index (κ2) is 11.5. The quantitative estimate of drug-likeness (QED) is 0.186. The average molecular weight is 592 g/mol. The molecule has 0 aromatic heterocycles. The third-order valence-electron chi connectivity index (χ3n) is 9.79. The van der Waals surface area contributed by atoms with Gasteiger partial charge < -0.3 is 4.90 Å². The third kappa shape index (κ3) is 4.99. The van der Waals surface area contributed by atoms with Gasteiger partial charge in [-0.3, -0.25) is 0 Å². The Hall–Kier alpha value is -5.40. The highest BCUT2D eigenvalue weighted by molar-refractivity contribution is 5.86. The standard InChI is InChI=1S/C45H37N/c1-45(2)43-30-37(36-18-12-17-35(29-36)33-15-8-4-9-16-33)23-27-41(43)42-28-26-40(31-44(42)45)46(38-19-10-5-11-20-38)39-24-21-34(22-25-39)32-13-6-3-7-14-32/h3-17,19-31,36H,18H2,1-2H3. The van der Waals surface area contributed by atoms with Crippen molar-refractivity contribution in [3.8, 4) is 22.3 Å². The van der Waals surface area contributed by atoms with Gasteiger partial charge in [0.05, 0.1) is 0 Å². The summed E-state index contributed by atoms with van der Waals surface area (Å²) in [5, 5.41) is 0. The number of benzene rings is 6. The van der Waals surface area contributed by atoms with Gasteiger partial charge in [0, 0.05) is 28.4 Å². The first-order chi connectivity index (χ1) is 22.6. The number of hydrogen-bond donors (Lipinski definition) is 0. The molecule has 0 radical (unpaired) electrons. The molecule has 46 heavy (non-hydrogen) atoms. The molecule has 0 N–H and O–H groups in total. The maximum Gasteiger partial charge on any atom is 0.0465 e. The van der Waals surface area contributed by atoms with Gasteiger partial charge in [-0.05, 0) is 92.9 Å². The van der Waals surface area contributed by atoms with Crippen LogP contribution in [-0.2, 0) is 5.41 Å². The second-order valence-corrected chi connectivity index (χ2v) is 13.0. The SMILES string of the molecule is CC1(C)c2cc(C3C=C(c4ccccc4)C=CC3)ccc2-c2ccc(N(c3ccccc3)c3ccc(-c4ccccc4)cc3)cc21. The molecule has 0 aliphatic heterocycles. The highest BCUT2D eigenvalue weighted by Crippen LogP contribution is 2.51. The van der Waals surface area contributed by atoms with Crippen LogP contribution in [0.3, 0.4) is 0 Å². The second-order valence-electron chi connectivity index (χ2n) is 13.0. The lowest BCUT2D eigenvalue weighted by atomic mass is 9.80. The zero-order chi connectivity index (χ0) is 31.1. The number of nitrogens with zero attached hydrogens (tertiary/aromatic N) is 1. The molecule has 1 nitrogen and oxygen atoms in total. The molecule has 0 bridgehead atoms. The van der Waals surface area contributed by atoms with E-state index >= 15 is 0 Å². The van der Waals surface area contributed by atoms with Crippen LogP contribution in [0.5, 0.6) is 0 Å². The van der Waals surface area contributed by atoms with E-state index in [0.29, 0.717) is 5.92 Å². The molecular weight excluding hydrogens is 555 g/mol. The Kier molecular flexibility index (Phi) is 7.03. The molecule has 6 aromatic carbocycles. The van der Waals surface area contributed by atoms with E-state index in [4.69, 9.17) is 0 Å². The summed E-state index contributed by atoms with van der Waals surface area (Å²) in [5.41, 5.74) is 15.3. The predicted octanol–water partition coefficient (Wildman–Crippen LogP) is 12.3. The van der Waals surface area contributed by atoms with E-state index < -0.39 is 0 Å². The zero-order valence-electron chi connectivity index (χ0n) is 26.4. The van der Waals surface area contributed by atoms with E-state index in [-0.39, 0.29) is 5.41 Å². The van der Waals surface area contributed by atoms with Gasteiger partial charge in [-0.1, -0.05) is 147 Å². The molecule has 1 unspecified atom stereocenters. The van der Waals surface area contributed by atoms with Crippen LogP contribution in [-0.4, -0.2) is 0 Å². The van der Waals surface area contributed by atoms with E-state index in [1.165, 1.54) is 55.8 Å². The molecule has 2 aliphatic carbocycles. The molecule has 1 heteroatoms. The van der Waals surface area contributed by atoms with Crippen molar-refractivity contribution in [2.24, 2.45) is 0 Å². The Labute approximate surface area is 272 Å². The van der Waals surface area contributed by atoms with Gasteiger partial charge in [0.25, 0.3) is 0 Å². The van der Waals surface area contributed by atoms with E-state index in [1.54, 1.807) is 0 Å². The van der Waals surface area contributed by atoms with Crippen molar-refractivity contribution in [1.82, 2.24) is 0 Å². The van der Waals surface area contributed by atoms with Crippen LogP contribution in [0.2, 0.25) is 0 Å². The van der Waals surface area contributed by atoms with Crippen LogP contribution in [0.25, 0.3) is 27.8 Å². The van der Waals surface area contributed by atoms with Gasteiger partial charge in [0.2, 0.25) is 0 Å². The van der Waals surface area contributed by atoms with Crippen molar-refractivity contribution in [2.75, 3.05) is 4.90 Å². The van der Waals surface area contributed by atoms with Crippen molar-refractivity contribution in [3.05, 3.63) is 192 Å². The Morgan fingerprint density at radius 3 is 1.76 bits per heavy atom. The van der Waals surface area contributed by atoms with E-state index in [9.17, 15) is 0 Å². The molecular formula is C45H37N. The van der Waals surface area contributed by atoms with Crippen LogP contribution in [0.1, 0.15) is 48.4 Å². The van der Waals surface area contributed by atoms with Gasteiger partial charge in [0.15, 0.2) is 0 Å². The molecule has 8 rings (SSSR count). The number of allylic oxidation sites excluding steroid dienone is 4. The minimum Gasteiger partial charge on any atom is -0.310 e. The summed E-state index contributed by atoms with van der Waals surface area (Å²) in [6, 6.07) is 55.2. The molecule has 0 spiro atoms. The molecule has 222 valence electrons. The summed E-state index contributed by atoms with van der Waals surface area (Å²) >= 11 is 0. The largest absolute Gasteiger partial charge is 0.310 e. The Bertz CT molecular complexity index is 2070. The monoisotopic (exact) mass is 591 g/mol. The first kappa shape index (κ1) is 28.1. The van der Waals surface area contributed by atoms with Gasteiger partial charge in [0.1, 0.15) is 0 Å². The number of rotatable bonds is 6. The lowest BCUT2D eigenvalue weighted by Gasteiger charge is -2.28. The summed E-state index contributed by atoms with van der Waals surface area (Å²) in [4.78, 5) is 2.38. The molecule has 0 saturated carbocycles. The first-order valence-corrected chi connectivity index (χ1v) is 16.3. The maximum atomic E-state index is 2.48. The molecule has 1 atom stereocenters. The smallest absolute Gasteiger partial charge is 0.0465 e. The highest BCUT2D eigenvalue weighted by Gasteiger charge is 2.36. The number of para-hydroxylation sites is 1. The highest BCUT2D eigenvalue weighted by atomic mass is 15.1. The topological polar surface area (TPSA) is 3.24 Å². The van der Waals surface area contributed by atoms with E-state index in [2.05, 4.69) is 189 Å². The van der Waals surface area contributed by atoms with Gasteiger partial charge in [-0.2, -0.15) is 0 Å². The first-order valence-electron chi connectivity index (χ1n) is 16.3. The normalized spacial score (nSPS) is 16.0. The number of fused-ring (bicyclic) bond motifs is 3. The number of hydrogen-bond acceptors (Lipinski definition) is 1. The van der Waals surface area contributed by atoms with E-state index in [1.807, 2.05) is 0 Å². The Balaban J connectivity index is 1.16. The lowest BCUT2D eigenvalue weighted by molar-refractivity contribution is 0.658. The predicted molar refractivity (Wildman–Crippen MR) is 195 cm³/mol. The van der Waals surface area contributed by atoms with Gasteiger partial charge in [-0.25, -0.2) is 0 Å². The van der Waals surface area contributed by atoms with Crippen LogP contribution >= 0.6 is 0 Å². The number of anilines is 3. The van der Waals surface area contributed by atoms with Crippen LogP contribution < -0.4 is 4.90 Å². The maximum absolute atomic E-state index is 2.48. The van der Waals surface area contributed by atoms with Gasteiger partial charge in [-0.15, -0.1) is 0 Å². The molecule has 0 heterocycles. The van der Waals surface area contributed by atoms with Crippen molar-refractivity contribution in [1.29, 1.82) is 0 Å². The fourth-order valence-electron chi connectivity index (χ4n) is 7.31. The Morgan fingerprint density at radius 2 is 1.07 bits per heavy atom. The van der Waals surface area contributed by atoms with Crippen LogP contribution in [0, 0.1) is 0 Å². The molecule has 0 saturated heterocycles. The molecule has 0 fully saturated rings. The summed E-state index contributed by atoms with van der Waals surface area (Å²) < 4.78 is 0. The molecule has 0 amide bonds. The molecule has 6 aromatic rings. The zero-order valence-corrected chi connectivity index (χ0v) is 26.4. The summed E-state index contributed by atoms with van der Waals surface area (Å²) in [6.45, 7) is 4.78. The van der Waals surface area contributed by atoms with Gasteiger partial charge >= 0.3 is 0 Å². The van der Waals surface area contributed by atoms with Crippen LogP contribution in [0.15, 0.2) is 170 Å². The minimum atomic E-state index is -0.118. The fraction of sp³-hybridized carbons (Fsp3) is 0.111. The van der Waals surface area contributed by atoms with Crippen LogP contribution in [0.4, 0.5) is 17.1 Å². The van der Waals surface area contributed by atoms with Crippen molar-refractivity contribution < 1.29 is 0 Å². The molecule has 2 aliphatic rings. The summed E-state index contributed by atoms with van der Waals surface area (Å²) in [7, 11) is 0. The van der Waals surface area contributed by atoms with E-state index in [0.717, 1.165) is 17.8 Å². The summed E-state index contributed by atoms with van der Waals surface area (Å²) in [5.74, 6) is 0.369. The lowest BCUT2D eigenvalue weighted by Crippen LogP contribution is -2.17. The summed E-state index contributed by atoms with van der Waals surface area (Å²) in [6.07, 6.45) is 8.08. The van der Waals surface area contributed by atoms with Crippen molar-refractivity contribution in [3.63, 3.8) is 0 Å².